The highest BCUT2D eigenvalue weighted by atomic mass is 32.2. The number of halogens is 1. The van der Waals surface area contributed by atoms with Crippen LogP contribution in [0.25, 0.3) is 0 Å². The number of nitrogens with one attached hydrogen (secondary N) is 1. The average molecular weight is 485 g/mol. The average Bonchev–Trinajstić information content (AvgIpc) is 3.46. The van der Waals surface area contributed by atoms with Gasteiger partial charge in [0.1, 0.15) is 5.82 Å². The fraction of sp³-hybridized carbons (Fsp3) is 0.462. The molecule has 0 spiro atoms. The van der Waals surface area contributed by atoms with Gasteiger partial charge >= 0.3 is 0 Å². The molecule has 2 fully saturated rings. The summed E-state index contributed by atoms with van der Waals surface area (Å²) in [6, 6.07) is 12.5. The maximum Gasteiger partial charge on any atom is 0.231 e. The van der Waals surface area contributed by atoms with Crippen molar-refractivity contribution in [3.8, 4) is 11.5 Å². The molecule has 2 saturated heterocycles. The zero-order valence-electron chi connectivity index (χ0n) is 19.1. The van der Waals surface area contributed by atoms with Crippen molar-refractivity contribution in [1.29, 1.82) is 0 Å². The second kappa shape index (κ2) is 9.86. The Morgan fingerprint density at radius 1 is 1.12 bits per heavy atom. The maximum absolute atomic E-state index is 13.1. The van der Waals surface area contributed by atoms with E-state index in [4.69, 9.17) is 9.47 Å². The number of carbonyl (C=O) groups excluding carboxylic acids is 2. The van der Waals surface area contributed by atoms with Gasteiger partial charge in [0.25, 0.3) is 0 Å². The van der Waals surface area contributed by atoms with Crippen molar-refractivity contribution in [3.63, 3.8) is 0 Å². The lowest BCUT2D eigenvalue weighted by atomic mass is 9.84. The topological polar surface area (TPSA) is 67.9 Å². The number of amides is 2. The molecule has 6 nitrogen and oxygen atoms in total. The summed E-state index contributed by atoms with van der Waals surface area (Å²) in [6.07, 6.45) is 4.77. The van der Waals surface area contributed by atoms with Crippen LogP contribution in [0, 0.1) is 5.82 Å². The Bertz CT molecular complexity index is 1060. The molecule has 1 N–H and O–H groups in total. The highest BCUT2D eigenvalue weighted by molar-refractivity contribution is 8.00. The van der Waals surface area contributed by atoms with Crippen molar-refractivity contribution in [1.82, 2.24) is 10.2 Å². The van der Waals surface area contributed by atoms with Crippen molar-refractivity contribution in [2.24, 2.45) is 0 Å². The maximum atomic E-state index is 13.1. The minimum absolute atomic E-state index is 0.0480. The fourth-order valence-electron chi connectivity index (χ4n) is 5.06. The van der Waals surface area contributed by atoms with Crippen LogP contribution >= 0.6 is 11.8 Å². The molecule has 8 heteroatoms. The number of benzene rings is 2. The summed E-state index contributed by atoms with van der Waals surface area (Å²) < 4.78 is 24.0. The predicted octanol–water partition coefficient (Wildman–Crippen LogP) is 4.31. The second-order valence-corrected chi connectivity index (χ2v) is 10.7. The highest BCUT2D eigenvalue weighted by Crippen LogP contribution is 2.36. The van der Waals surface area contributed by atoms with E-state index < -0.39 is 5.54 Å². The van der Waals surface area contributed by atoms with Crippen LogP contribution in [-0.4, -0.2) is 47.4 Å². The molecule has 3 aliphatic rings. The molecule has 2 aromatic rings. The van der Waals surface area contributed by atoms with E-state index in [2.05, 4.69) is 5.32 Å². The molecular formula is C26H29FN2O4S. The second-order valence-electron chi connectivity index (χ2n) is 9.34. The number of ether oxygens (including phenoxy) is 2. The molecule has 1 atom stereocenters. The Morgan fingerprint density at radius 2 is 1.88 bits per heavy atom. The summed E-state index contributed by atoms with van der Waals surface area (Å²) in [7, 11) is 0. The van der Waals surface area contributed by atoms with Crippen LogP contribution in [0.2, 0.25) is 0 Å². The first kappa shape index (κ1) is 23.0. The van der Waals surface area contributed by atoms with E-state index in [1.165, 1.54) is 12.1 Å². The zero-order valence-corrected chi connectivity index (χ0v) is 19.9. The van der Waals surface area contributed by atoms with Crippen LogP contribution in [0.5, 0.6) is 11.5 Å². The number of likely N-dealkylation sites (tertiary alicyclic amines) is 1. The summed E-state index contributed by atoms with van der Waals surface area (Å²) in [4.78, 5) is 28.1. The summed E-state index contributed by atoms with van der Waals surface area (Å²) in [5.41, 5.74) is 0.662. The lowest BCUT2D eigenvalue weighted by molar-refractivity contribution is -0.132. The summed E-state index contributed by atoms with van der Waals surface area (Å²) in [5.74, 6) is 1.45. The number of thioether (sulfide) groups is 1. The Labute approximate surface area is 203 Å². The molecule has 3 aliphatic heterocycles. The van der Waals surface area contributed by atoms with Gasteiger partial charge in [0.2, 0.25) is 18.6 Å². The van der Waals surface area contributed by atoms with Crippen LogP contribution in [0.15, 0.2) is 47.4 Å². The molecule has 0 aliphatic carbocycles. The van der Waals surface area contributed by atoms with Gasteiger partial charge < -0.3 is 19.7 Å². The van der Waals surface area contributed by atoms with Gasteiger partial charge in [0.15, 0.2) is 11.5 Å². The number of hydrogen-bond donors (Lipinski definition) is 1. The molecule has 0 bridgehead atoms. The number of rotatable bonds is 7. The first-order valence-corrected chi connectivity index (χ1v) is 12.8. The molecule has 0 saturated carbocycles. The van der Waals surface area contributed by atoms with Gasteiger partial charge in [0, 0.05) is 41.6 Å². The lowest BCUT2D eigenvalue weighted by Crippen LogP contribution is -2.45. The molecule has 5 rings (SSSR count). The largest absolute Gasteiger partial charge is 0.454 e. The third kappa shape index (κ3) is 5.32. The van der Waals surface area contributed by atoms with Crippen LogP contribution in [0.3, 0.4) is 0 Å². The fourth-order valence-corrected chi connectivity index (χ4v) is 6.18. The summed E-state index contributed by atoms with van der Waals surface area (Å²) >= 11 is 1.76. The summed E-state index contributed by atoms with van der Waals surface area (Å²) in [5, 5.41) is 3.60. The van der Waals surface area contributed by atoms with E-state index in [1.807, 2.05) is 35.2 Å². The number of piperidine rings is 1. The van der Waals surface area contributed by atoms with E-state index in [0.717, 1.165) is 54.3 Å². The third-order valence-corrected chi connectivity index (χ3v) is 8.29. The Hall–Kier alpha value is -2.74. The number of carbonyl (C=O) groups is 2. The van der Waals surface area contributed by atoms with E-state index in [9.17, 15) is 14.0 Å². The first-order chi connectivity index (χ1) is 16.5. The molecule has 0 radical (unpaired) electrons. The molecule has 180 valence electrons. The monoisotopic (exact) mass is 484 g/mol. The van der Waals surface area contributed by atoms with Crippen LogP contribution in [-0.2, 0) is 16.0 Å². The molecule has 2 amide bonds. The Kier molecular flexibility index (Phi) is 6.68. The Morgan fingerprint density at radius 3 is 2.62 bits per heavy atom. The van der Waals surface area contributed by atoms with Crippen molar-refractivity contribution in [2.45, 2.75) is 60.6 Å². The van der Waals surface area contributed by atoms with Crippen LogP contribution in [0.1, 0.15) is 44.1 Å². The number of fused-ring (bicyclic) bond motifs is 1. The zero-order chi connectivity index (χ0) is 23.5. The molecule has 0 unspecified atom stereocenters. The molecule has 0 aromatic heterocycles. The van der Waals surface area contributed by atoms with E-state index in [1.54, 1.807) is 11.8 Å². The molecular weight excluding hydrogens is 455 g/mol. The molecule has 2 aromatic carbocycles. The van der Waals surface area contributed by atoms with E-state index >= 15 is 0 Å². The van der Waals surface area contributed by atoms with Crippen molar-refractivity contribution >= 4 is 23.6 Å². The molecule has 34 heavy (non-hydrogen) atoms. The number of hydrogen-bond acceptors (Lipinski definition) is 5. The lowest BCUT2D eigenvalue weighted by Gasteiger charge is -2.34. The Balaban J connectivity index is 1.14. The van der Waals surface area contributed by atoms with Gasteiger partial charge in [-0.15, -0.1) is 11.8 Å². The van der Waals surface area contributed by atoms with Crippen molar-refractivity contribution in [2.75, 3.05) is 19.9 Å². The predicted molar refractivity (Wildman–Crippen MR) is 127 cm³/mol. The van der Waals surface area contributed by atoms with E-state index in [-0.39, 0.29) is 24.4 Å². The highest BCUT2D eigenvalue weighted by Gasteiger charge is 2.38. The van der Waals surface area contributed by atoms with Crippen molar-refractivity contribution in [3.05, 3.63) is 53.8 Å². The normalized spacial score (nSPS) is 22.1. The van der Waals surface area contributed by atoms with Crippen LogP contribution in [0.4, 0.5) is 4.39 Å². The van der Waals surface area contributed by atoms with Gasteiger partial charge in [-0.1, -0.05) is 6.07 Å². The van der Waals surface area contributed by atoms with Gasteiger partial charge in [-0.3, -0.25) is 9.59 Å². The van der Waals surface area contributed by atoms with E-state index in [0.29, 0.717) is 30.9 Å². The minimum atomic E-state index is -0.406. The smallest absolute Gasteiger partial charge is 0.231 e. The quantitative estimate of drug-likeness (QED) is 0.634. The van der Waals surface area contributed by atoms with Crippen LogP contribution < -0.4 is 14.8 Å². The van der Waals surface area contributed by atoms with Gasteiger partial charge in [-0.25, -0.2) is 4.39 Å². The number of nitrogens with zero attached hydrogens (tertiary/aromatic N) is 1. The standard InChI is InChI=1S/C26H29FN2O4S/c27-19-2-4-20(5-3-19)34-21-9-13-29(14-10-21)25(31)8-12-26(11-7-24(30)28-26)16-18-1-6-22-23(15-18)33-17-32-22/h1-6,15,21H,7-14,16-17H2,(H,28,30)/t26-/m0/s1. The summed E-state index contributed by atoms with van der Waals surface area (Å²) in [6.45, 7) is 1.70. The third-order valence-electron chi connectivity index (χ3n) is 6.94. The first-order valence-electron chi connectivity index (χ1n) is 11.9. The SMILES string of the molecule is O=C1CC[C@](CCC(=O)N2CCC(Sc3ccc(F)cc3)CC2)(Cc2ccc3c(c2)OCO3)N1. The van der Waals surface area contributed by atoms with Crippen molar-refractivity contribution < 1.29 is 23.5 Å². The van der Waals surface area contributed by atoms with Gasteiger partial charge in [0.05, 0.1) is 0 Å². The molecule has 3 heterocycles. The minimum Gasteiger partial charge on any atom is -0.454 e. The van der Waals surface area contributed by atoms with Gasteiger partial charge in [-0.2, -0.15) is 0 Å². The van der Waals surface area contributed by atoms with Gasteiger partial charge in [-0.05, 0) is 74.1 Å².